The van der Waals surface area contributed by atoms with Crippen LogP contribution in [0.15, 0.2) is 37.2 Å². The SMILES string of the molecule is CC1C=C(I)N2NC(Br)=CC(=NCCC(F)(F)F)C2=CC1. The van der Waals surface area contributed by atoms with Gasteiger partial charge in [-0.05, 0) is 63.0 Å². The van der Waals surface area contributed by atoms with Crippen molar-refractivity contribution < 1.29 is 13.2 Å². The third-order valence-electron chi connectivity index (χ3n) is 2.98. The highest BCUT2D eigenvalue weighted by molar-refractivity contribution is 14.1. The van der Waals surface area contributed by atoms with Crippen LogP contribution in [-0.2, 0) is 0 Å². The molecule has 0 aromatic rings. The molecule has 0 bridgehead atoms. The van der Waals surface area contributed by atoms with Crippen LogP contribution in [0.4, 0.5) is 13.2 Å². The Bertz CT molecular complexity index is 537. The largest absolute Gasteiger partial charge is 0.390 e. The van der Waals surface area contributed by atoms with Gasteiger partial charge >= 0.3 is 6.18 Å². The Balaban J connectivity index is 2.26. The van der Waals surface area contributed by atoms with Gasteiger partial charge < -0.3 is 0 Å². The molecule has 8 heteroatoms. The fourth-order valence-corrected chi connectivity index (χ4v) is 3.37. The molecule has 0 radical (unpaired) electrons. The fourth-order valence-electron chi connectivity index (χ4n) is 1.98. The lowest BCUT2D eigenvalue weighted by Crippen LogP contribution is -2.39. The van der Waals surface area contributed by atoms with E-state index in [0.29, 0.717) is 16.2 Å². The minimum Gasteiger partial charge on any atom is -0.286 e. The maximum Gasteiger partial charge on any atom is 0.390 e. The van der Waals surface area contributed by atoms with Crippen molar-refractivity contribution in [2.45, 2.75) is 25.9 Å². The Morgan fingerprint density at radius 3 is 2.90 bits per heavy atom. The molecule has 1 N–H and O–H groups in total. The van der Waals surface area contributed by atoms with Crippen LogP contribution >= 0.6 is 38.5 Å². The van der Waals surface area contributed by atoms with Gasteiger partial charge in [0.1, 0.15) is 0 Å². The van der Waals surface area contributed by atoms with Crippen molar-refractivity contribution in [3.63, 3.8) is 0 Å². The topological polar surface area (TPSA) is 27.6 Å². The molecule has 0 amide bonds. The number of halogens is 5. The van der Waals surface area contributed by atoms with E-state index in [2.05, 4.69) is 61.9 Å². The van der Waals surface area contributed by atoms with Gasteiger partial charge in [0.05, 0.1) is 26.1 Å². The van der Waals surface area contributed by atoms with Gasteiger partial charge in [-0.2, -0.15) is 13.2 Å². The Morgan fingerprint density at radius 1 is 1.52 bits per heavy atom. The molecule has 3 nitrogen and oxygen atoms in total. The second-order valence-corrected chi connectivity index (χ2v) is 6.82. The van der Waals surface area contributed by atoms with E-state index in [9.17, 15) is 13.2 Å². The van der Waals surface area contributed by atoms with Crippen LogP contribution in [0.1, 0.15) is 19.8 Å². The second-order valence-electron chi connectivity index (χ2n) is 4.86. The van der Waals surface area contributed by atoms with Crippen molar-refractivity contribution >= 4 is 44.2 Å². The number of nitrogens with one attached hydrogen (secondary N) is 1. The van der Waals surface area contributed by atoms with E-state index in [1.807, 2.05) is 11.1 Å². The molecule has 1 unspecified atom stereocenters. The van der Waals surface area contributed by atoms with Crippen LogP contribution in [0.2, 0.25) is 0 Å². The van der Waals surface area contributed by atoms with E-state index >= 15 is 0 Å². The second kappa shape index (κ2) is 6.72. The lowest BCUT2D eigenvalue weighted by Gasteiger charge is -2.31. The van der Waals surface area contributed by atoms with E-state index in [1.165, 1.54) is 0 Å². The summed E-state index contributed by atoms with van der Waals surface area (Å²) in [4.78, 5) is 4.11. The van der Waals surface area contributed by atoms with Gasteiger partial charge in [0.2, 0.25) is 0 Å². The lowest BCUT2D eigenvalue weighted by molar-refractivity contribution is -0.132. The van der Waals surface area contributed by atoms with Gasteiger partial charge in [-0.1, -0.05) is 13.0 Å². The molecule has 0 fully saturated rings. The summed E-state index contributed by atoms with van der Waals surface area (Å²) < 4.78 is 38.4. The molecule has 2 heterocycles. The fraction of sp³-hybridized carbons (Fsp3) is 0.462. The number of hydrogen-bond acceptors (Lipinski definition) is 3. The predicted molar refractivity (Wildman–Crippen MR) is 88.9 cm³/mol. The number of aliphatic imine (C=N–C) groups is 1. The summed E-state index contributed by atoms with van der Waals surface area (Å²) in [5.41, 5.74) is 4.48. The molecule has 2 rings (SSSR count). The minimum absolute atomic E-state index is 0.267. The molecule has 0 saturated carbocycles. The van der Waals surface area contributed by atoms with Gasteiger partial charge in [0.15, 0.2) is 0 Å². The van der Waals surface area contributed by atoms with Crippen molar-refractivity contribution in [1.82, 2.24) is 10.4 Å². The number of hydrogen-bond donors (Lipinski definition) is 1. The molecule has 2 aliphatic heterocycles. The number of alkyl halides is 3. The quantitative estimate of drug-likeness (QED) is 0.465. The summed E-state index contributed by atoms with van der Waals surface area (Å²) in [5, 5.41) is 1.83. The third-order valence-corrected chi connectivity index (χ3v) is 4.23. The van der Waals surface area contributed by atoms with Crippen LogP contribution < -0.4 is 5.43 Å². The average Bonchev–Trinajstić information content (AvgIpc) is 2.48. The lowest BCUT2D eigenvalue weighted by atomic mass is 10.1. The summed E-state index contributed by atoms with van der Waals surface area (Å²) in [6, 6.07) is 0. The first-order chi connectivity index (χ1) is 9.76. The highest BCUT2D eigenvalue weighted by Crippen LogP contribution is 2.30. The van der Waals surface area contributed by atoms with E-state index in [1.54, 1.807) is 6.08 Å². The van der Waals surface area contributed by atoms with E-state index < -0.39 is 12.6 Å². The predicted octanol–water partition coefficient (Wildman–Crippen LogP) is 4.64. The molecule has 0 aromatic heterocycles. The molecule has 0 spiro atoms. The summed E-state index contributed by atoms with van der Waals surface area (Å²) >= 11 is 5.54. The Hall–Kier alpha value is -0.510. The first-order valence-electron chi connectivity index (χ1n) is 6.39. The van der Waals surface area contributed by atoms with E-state index in [-0.39, 0.29) is 6.54 Å². The molecule has 21 heavy (non-hydrogen) atoms. The van der Waals surface area contributed by atoms with Crippen molar-refractivity contribution in [2.24, 2.45) is 10.9 Å². The first kappa shape index (κ1) is 16.9. The molecular weight excluding hydrogens is 462 g/mol. The number of fused-ring (bicyclic) bond motifs is 1. The normalized spacial score (nSPS) is 24.7. The minimum atomic E-state index is -4.18. The van der Waals surface area contributed by atoms with Crippen LogP contribution in [-0.4, -0.2) is 23.4 Å². The number of rotatable bonds is 2. The molecular formula is C13H14BrF3IN3. The highest BCUT2D eigenvalue weighted by atomic mass is 127. The van der Waals surface area contributed by atoms with Gasteiger partial charge in [-0.25, -0.2) is 5.01 Å². The van der Waals surface area contributed by atoms with Crippen LogP contribution in [0.5, 0.6) is 0 Å². The van der Waals surface area contributed by atoms with Crippen LogP contribution in [0.3, 0.4) is 0 Å². The summed E-state index contributed by atoms with van der Waals surface area (Å²) in [5.74, 6) is 0.368. The Kier molecular flexibility index (Phi) is 5.39. The number of allylic oxidation sites excluding steroid dienone is 3. The number of nitrogens with zero attached hydrogens (tertiary/aromatic N) is 2. The molecule has 0 saturated heterocycles. The summed E-state index contributed by atoms with van der Waals surface area (Å²) in [6.07, 6.45) is 1.55. The molecule has 2 aliphatic rings. The first-order valence-corrected chi connectivity index (χ1v) is 8.26. The monoisotopic (exact) mass is 475 g/mol. The van der Waals surface area contributed by atoms with Crippen molar-refractivity contribution in [3.05, 3.63) is 32.2 Å². The summed E-state index contributed by atoms with van der Waals surface area (Å²) in [6.45, 7) is 1.83. The van der Waals surface area contributed by atoms with Crippen LogP contribution in [0, 0.1) is 5.92 Å². The van der Waals surface area contributed by atoms with Crippen molar-refractivity contribution in [3.8, 4) is 0 Å². The Morgan fingerprint density at radius 2 is 2.24 bits per heavy atom. The van der Waals surface area contributed by atoms with Crippen molar-refractivity contribution in [1.29, 1.82) is 0 Å². The summed E-state index contributed by atoms with van der Waals surface area (Å²) in [7, 11) is 0. The van der Waals surface area contributed by atoms with Crippen molar-refractivity contribution in [2.75, 3.05) is 6.54 Å². The van der Waals surface area contributed by atoms with Gasteiger partial charge in [0, 0.05) is 6.54 Å². The zero-order valence-corrected chi connectivity index (χ0v) is 15.0. The maximum absolute atomic E-state index is 12.3. The van der Waals surface area contributed by atoms with E-state index in [4.69, 9.17) is 0 Å². The van der Waals surface area contributed by atoms with Gasteiger partial charge in [-0.15, -0.1) is 0 Å². The molecule has 1 atom stereocenters. The molecule has 0 aromatic carbocycles. The Labute approximate surface area is 143 Å². The zero-order chi connectivity index (χ0) is 15.6. The van der Waals surface area contributed by atoms with Gasteiger partial charge in [0.25, 0.3) is 0 Å². The van der Waals surface area contributed by atoms with Crippen LogP contribution in [0.25, 0.3) is 0 Å². The third kappa shape index (κ3) is 4.73. The number of hydrazine groups is 1. The molecule has 116 valence electrons. The molecule has 0 aliphatic carbocycles. The smallest absolute Gasteiger partial charge is 0.286 e. The zero-order valence-electron chi connectivity index (χ0n) is 11.2. The van der Waals surface area contributed by atoms with Gasteiger partial charge in [-0.3, -0.25) is 10.4 Å². The maximum atomic E-state index is 12.3. The average molecular weight is 476 g/mol. The van der Waals surface area contributed by atoms with E-state index in [0.717, 1.165) is 15.8 Å². The standard InChI is InChI=1S/C13H14BrF3IN3/c1-8-2-3-10-9(19-5-4-13(15,16)17)7-11(14)20-21(10)12(18)6-8/h3,6-8,20H,2,4-5H2,1H3. The highest BCUT2D eigenvalue weighted by Gasteiger charge is 2.28.